The number of carbonyl (C=O) groups is 1. The number of aromatic nitrogens is 2. The van der Waals surface area contributed by atoms with E-state index in [0.29, 0.717) is 30.8 Å². The second kappa shape index (κ2) is 9.01. The molecule has 0 saturated carbocycles. The molecule has 1 amide bonds. The zero-order valence-electron chi connectivity index (χ0n) is 17.7. The predicted molar refractivity (Wildman–Crippen MR) is 121 cm³/mol. The number of hydrogen-bond donors (Lipinski definition) is 1. The zero-order chi connectivity index (χ0) is 22.9. The van der Waals surface area contributed by atoms with Gasteiger partial charge in [0, 0.05) is 31.3 Å². The van der Waals surface area contributed by atoms with E-state index in [0.717, 1.165) is 11.3 Å². The molecule has 4 rings (SSSR count). The molecule has 2 aromatic carbocycles. The highest BCUT2D eigenvalue weighted by Gasteiger charge is 2.34. The Hall–Kier alpha value is -2.75. The highest BCUT2D eigenvalue weighted by atomic mass is 35.5. The molecule has 0 spiro atoms. The van der Waals surface area contributed by atoms with Gasteiger partial charge in [-0.25, -0.2) is 8.42 Å². The highest BCUT2D eigenvalue weighted by Crippen LogP contribution is 2.32. The first-order valence-electron chi connectivity index (χ1n) is 10.2. The number of nitrogens with zero attached hydrogens (tertiary/aromatic N) is 3. The third-order valence-corrected chi connectivity index (χ3v) is 7.84. The van der Waals surface area contributed by atoms with Gasteiger partial charge in [0.1, 0.15) is 4.90 Å². The molecule has 0 unspecified atom stereocenters. The van der Waals surface area contributed by atoms with E-state index in [9.17, 15) is 13.2 Å². The monoisotopic (exact) mass is 474 g/mol. The summed E-state index contributed by atoms with van der Waals surface area (Å²) in [4.78, 5) is 17.0. The summed E-state index contributed by atoms with van der Waals surface area (Å²) in [7, 11) is -3.93. The van der Waals surface area contributed by atoms with Crippen molar-refractivity contribution in [1.82, 2.24) is 14.4 Å². The second-order valence-corrected chi connectivity index (χ2v) is 10.1. The van der Waals surface area contributed by atoms with E-state index in [-0.39, 0.29) is 28.2 Å². The van der Waals surface area contributed by atoms with Crippen LogP contribution in [0.15, 0.2) is 51.9 Å². The Kier molecular flexibility index (Phi) is 6.32. The molecule has 0 aliphatic carbocycles. The molecule has 8 nitrogen and oxygen atoms in total. The summed E-state index contributed by atoms with van der Waals surface area (Å²) in [5.74, 6) is 0.00362. The molecule has 1 aromatic heterocycles. The predicted octanol–water partition coefficient (Wildman–Crippen LogP) is 4.05. The van der Waals surface area contributed by atoms with Crippen molar-refractivity contribution in [1.29, 1.82) is 0 Å². The van der Waals surface area contributed by atoms with Crippen molar-refractivity contribution in [2.24, 2.45) is 5.92 Å². The standard InChI is InChI=1S/C22H23ClN4O4S/c1-14-6-3-4-8-19(14)25-22(28)17-7-5-11-27(13-17)32(29,30)20-12-16(9-10-18(20)23)21-24-15(2)31-26-21/h3-4,6,8-10,12,17H,5,7,11,13H2,1-2H3,(H,25,28)/t17-/m1/s1. The molecule has 1 aliphatic heterocycles. The minimum absolute atomic E-state index is 0.0425. The van der Waals surface area contributed by atoms with Crippen LogP contribution in [0.2, 0.25) is 5.02 Å². The highest BCUT2D eigenvalue weighted by molar-refractivity contribution is 7.89. The average molecular weight is 475 g/mol. The Morgan fingerprint density at radius 1 is 1.22 bits per heavy atom. The summed E-state index contributed by atoms with van der Waals surface area (Å²) in [6.07, 6.45) is 1.19. The van der Waals surface area contributed by atoms with Crippen LogP contribution in [-0.4, -0.2) is 41.9 Å². The van der Waals surface area contributed by atoms with Gasteiger partial charge in [-0.3, -0.25) is 4.79 Å². The topological polar surface area (TPSA) is 105 Å². The molecular formula is C22H23ClN4O4S. The first kappa shape index (κ1) is 22.4. The van der Waals surface area contributed by atoms with Crippen LogP contribution in [0.1, 0.15) is 24.3 Å². The number of piperidine rings is 1. The van der Waals surface area contributed by atoms with Gasteiger partial charge >= 0.3 is 0 Å². The Labute approximate surface area is 191 Å². The van der Waals surface area contributed by atoms with E-state index in [1.54, 1.807) is 13.0 Å². The lowest BCUT2D eigenvalue weighted by Crippen LogP contribution is -2.43. The van der Waals surface area contributed by atoms with E-state index in [4.69, 9.17) is 16.1 Å². The number of hydrogen-bond acceptors (Lipinski definition) is 6. The average Bonchev–Trinajstić information content (AvgIpc) is 3.22. The molecule has 3 aromatic rings. The van der Waals surface area contributed by atoms with Gasteiger partial charge < -0.3 is 9.84 Å². The number of nitrogens with one attached hydrogen (secondary N) is 1. The number of amides is 1. The molecule has 1 aliphatic rings. The van der Waals surface area contributed by atoms with Crippen LogP contribution >= 0.6 is 11.6 Å². The fourth-order valence-corrected chi connectivity index (χ4v) is 5.74. The largest absolute Gasteiger partial charge is 0.339 e. The molecule has 2 heterocycles. The Morgan fingerprint density at radius 3 is 2.72 bits per heavy atom. The number of carbonyl (C=O) groups excluding carboxylic acids is 1. The molecule has 32 heavy (non-hydrogen) atoms. The summed E-state index contributed by atoms with van der Waals surface area (Å²) in [5, 5.41) is 6.86. The Morgan fingerprint density at radius 2 is 2.00 bits per heavy atom. The molecule has 1 fully saturated rings. The second-order valence-electron chi connectivity index (χ2n) is 7.79. The van der Waals surface area contributed by atoms with Gasteiger partial charge in [0.15, 0.2) is 0 Å². The van der Waals surface area contributed by atoms with Crippen molar-refractivity contribution in [3.8, 4) is 11.4 Å². The number of benzene rings is 2. The molecule has 10 heteroatoms. The number of rotatable bonds is 5. The summed E-state index contributed by atoms with van der Waals surface area (Å²) in [5.41, 5.74) is 2.15. The minimum atomic E-state index is -3.93. The normalized spacial score (nSPS) is 17.3. The molecule has 1 N–H and O–H groups in total. The molecule has 1 saturated heterocycles. The molecule has 1 atom stereocenters. The lowest BCUT2D eigenvalue weighted by Gasteiger charge is -2.31. The maximum atomic E-state index is 13.4. The maximum Gasteiger partial charge on any atom is 0.244 e. The number of sulfonamides is 1. The van der Waals surface area contributed by atoms with Crippen LogP contribution in [0.5, 0.6) is 0 Å². The van der Waals surface area contributed by atoms with Crippen molar-refractivity contribution in [3.63, 3.8) is 0 Å². The number of aryl methyl sites for hydroxylation is 2. The number of anilines is 1. The number of para-hydroxylation sites is 1. The van der Waals surface area contributed by atoms with Gasteiger partial charge in [0.05, 0.1) is 10.9 Å². The van der Waals surface area contributed by atoms with E-state index in [1.165, 1.54) is 16.4 Å². The minimum Gasteiger partial charge on any atom is -0.339 e. The third kappa shape index (κ3) is 4.55. The molecule has 0 bridgehead atoms. The van der Waals surface area contributed by atoms with Crippen molar-refractivity contribution in [2.75, 3.05) is 18.4 Å². The van der Waals surface area contributed by atoms with Crippen molar-refractivity contribution >= 4 is 33.2 Å². The Balaban J connectivity index is 1.56. The first-order chi connectivity index (χ1) is 15.3. The van der Waals surface area contributed by atoms with Gasteiger partial charge in [-0.15, -0.1) is 0 Å². The molecule has 168 valence electrons. The summed E-state index contributed by atoms with van der Waals surface area (Å²) in [6.45, 7) is 3.97. The van der Waals surface area contributed by atoms with E-state index < -0.39 is 15.9 Å². The van der Waals surface area contributed by atoms with Gasteiger partial charge in [0.2, 0.25) is 27.6 Å². The number of halogens is 1. The van der Waals surface area contributed by atoms with Gasteiger partial charge in [-0.05, 0) is 49.6 Å². The van der Waals surface area contributed by atoms with Crippen LogP contribution in [0.4, 0.5) is 5.69 Å². The van der Waals surface area contributed by atoms with Crippen LogP contribution in [0.25, 0.3) is 11.4 Å². The summed E-state index contributed by atoms with van der Waals surface area (Å²) < 4.78 is 33.2. The molecular weight excluding hydrogens is 452 g/mol. The maximum absolute atomic E-state index is 13.4. The van der Waals surface area contributed by atoms with E-state index in [1.807, 2.05) is 31.2 Å². The van der Waals surface area contributed by atoms with Crippen molar-refractivity contribution in [3.05, 3.63) is 58.9 Å². The van der Waals surface area contributed by atoms with Crippen LogP contribution in [0.3, 0.4) is 0 Å². The van der Waals surface area contributed by atoms with Gasteiger partial charge in [-0.2, -0.15) is 9.29 Å². The van der Waals surface area contributed by atoms with E-state index in [2.05, 4.69) is 15.5 Å². The first-order valence-corrected chi connectivity index (χ1v) is 12.0. The lowest BCUT2D eigenvalue weighted by atomic mass is 9.98. The van der Waals surface area contributed by atoms with Crippen molar-refractivity contribution < 1.29 is 17.7 Å². The SMILES string of the molecule is Cc1nc(-c2ccc(Cl)c(S(=O)(=O)N3CCC[C@@H](C(=O)Nc4ccccc4C)C3)c2)no1. The summed E-state index contributed by atoms with van der Waals surface area (Å²) in [6, 6.07) is 12.1. The van der Waals surface area contributed by atoms with Crippen LogP contribution in [0, 0.1) is 19.8 Å². The smallest absolute Gasteiger partial charge is 0.244 e. The zero-order valence-corrected chi connectivity index (χ0v) is 19.3. The third-order valence-electron chi connectivity index (χ3n) is 5.49. The van der Waals surface area contributed by atoms with Crippen molar-refractivity contribution in [2.45, 2.75) is 31.6 Å². The fourth-order valence-electron chi connectivity index (χ4n) is 3.72. The van der Waals surface area contributed by atoms with Gasteiger partial charge in [-0.1, -0.05) is 35.0 Å². The van der Waals surface area contributed by atoms with Crippen LogP contribution < -0.4 is 5.32 Å². The Bertz CT molecular complexity index is 1260. The van der Waals surface area contributed by atoms with E-state index >= 15 is 0 Å². The van der Waals surface area contributed by atoms with Crippen LogP contribution in [-0.2, 0) is 14.8 Å². The van der Waals surface area contributed by atoms with Gasteiger partial charge in [0.25, 0.3) is 0 Å². The summed E-state index contributed by atoms with van der Waals surface area (Å²) >= 11 is 6.27. The quantitative estimate of drug-likeness (QED) is 0.598. The molecule has 0 radical (unpaired) electrons. The fraction of sp³-hybridized carbons (Fsp3) is 0.318. The lowest BCUT2D eigenvalue weighted by molar-refractivity contribution is -0.120.